The predicted molar refractivity (Wildman–Crippen MR) is 70.2 cm³/mol. The van der Waals surface area contributed by atoms with E-state index in [1.54, 1.807) is 48.5 Å². The number of carboxylic acid groups (broad SMARTS) is 1. The van der Waals surface area contributed by atoms with Gasteiger partial charge in [0.2, 0.25) is 0 Å². The highest BCUT2D eigenvalue weighted by Gasteiger charge is 2.50. The summed E-state index contributed by atoms with van der Waals surface area (Å²) in [5.41, 5.74) is 0.530. The number of carbonyl (C=O) groups is 2. The van der Waals surface area contributed by atoms with Crippen molar-refractivity contribution in [1.82, 2.24) is 0 Å². The Hall–Kier alpha value is -2.42. The molecule has 0 aromatic heterocycles. The second kappa shape index (κ2) is 4.05. The van der Waals surface area contributed by atoms with Crippen LogP contribution in [0, 0.1) is 0 Å². The third-order valence-corrected chi connectivity index (χ3v) is 3.74. The quantitative estimate of drug-likeness (QED) is 0.893. The lowest BCUT2D eigenvalue weighted by atomic mass is 9.75. The van der Waals surface area contributed by atoms with E-state index in [-0.39, 0.29) is 12.2 Å². The number of rotatable bonds is 2. The molecule has 1 atom stereocenters. The monoisotopic (exact) mass is 252 g/mol. The lowest BCUT2D eigenvalue weighted by Crippen LogP contribution is -2.35. The number of hydrogen-bond acceptors (Lipinski definition) is 2. The molecule has 0 spiro atoms. The second-order valence-corrected chi connectivity index (χ2v) is 4.72. The molecule has 0 unspecified atom stereocenters. The predicted octanol–water partition coefficient (Wildman–Crippen LogP) is 2.64. The Balaban J connectivity index is 2.31. The Morgan fingerprint density at radius 3 is 2.32 bits per heavy atom. The van der Waals surface area contributed by atoms with Gasteiger partial charge in [0, 0.05) is 12.0 Å². The molecule has 1 aliphatic rings. The van der Waals surface area contributed by atoms with E-state index in [4.69, 9.17) is 0 Å². The molecular weight excluding hydrogens is 240 g/mol. The normalized spacial score (nSPS) is 21.2. The van der Waals surface area contributed by atoms with Crippen LogP contribution in [0.2, 0.25) is 0 Å². The van der Waals surface area contributed by atoms with Crippen molar-refractivity contribution >= 4 is 11.8 Å². The van der Waals surface area contributed by atoms with E-state index in [1.807, 2.05) is 6.07 Å². The first kappa shape index (κ1) is 11.7. The van der Waals surface area contributed by atoms with Gasteiger partial charge >= 0.3 is 5.97 Å². The molecule has 0 amide bonds. The van der Waals surface area contributed by atoms with Crippen LogP contribution in [0.15, 0.2) is 54.6 Å². The number of carbonyl (C=O) groups excluding carboxylic acids is 1. The molecular formula is C16H12O3. The number of benzene rings is 2. The van der Waals surface area contributed by atoms with Crippen LogP contribution in [0.3, 0.4) is 0 Å². The summed E-state index contributed by atoms with van der Waals surface area (Å²) in [5, 5.41) is 9.73. The Morgan fingerprint density at radius 1 is 1.00 bits per heavy atom. The van der Waals surface area contributed by atoms with E-state index in [0.29, 0.717) is 16.7 Å². The molecule has 0 aliphatic heterocycles. The van der Waals surface area contributed by atoms with E-state index in [9.17, 15) is 14.7 Å². The summed E-state index contributed by atoms with van der Waals surface area (Å²) in [7, 11) is 0. The average Bonchev–Trinajstić information content (AvgIpc) is 2.75. The Labute approximate surface area is 110 Å². The third-order valence-electron chi connectivity index (χ3n) is 3.74. The molecule has 3 heteroatoms. The summed E-state index contributed by atoms with van der Waals surface area (Å²) < 4.78 is 0. The molecule has 0 fully saturated rings. The Kier molecular flexibility index (Phi) is 2.49. The lowest BCUT2D eigenvalue weighted by molar-refractivity contribution is -0.141. The zero-order chi connectivity index (χ0) is 13.5. The number of carboxylic acids is 1. The van der Waals surface area contributed by atoms with Crippen molar-refractivity contribution in [3.05, 3.63) is 71.3 Å². The molecule has 1 N–H and O–H groups in total. The largest absolute Gasteiger partial charge is 0.480 e. The van der Waals surface area contributed by atoms with Gasteiger partial charge < -0.3 is 5.11 Å². The zero-order valence-corrected chi connectivity index (χ0v) is 10.2. The first-order chi connectivity index (χ1) is 9.16. The van der Waals surface area contributed by atoms with E-state index >= 15 is 0 Å². The Bertz CT molecular complexity index is 661. The van der Waals surface area contributed by atoms with Crippen LogP contribution in [0.1, 0.15) is 27.9 Å². The molecule has 0 bridgehead atoms. The number of Topliss-reactive ketones (excluding diaryl/α,β-unsaturated/α-hetero) is 1. The average molecular weight is 252 g/mol. The maximum absolute atomic E-state index is 12.1. The van der Waals surface area contributed by atoms with Gasteiger partial charge in [-0.1, -0.05) is 54.6 Å². The second-order valence-electron chi connectivity index (χ2n) is 4.72. The van der Waals surface area contributed by atoms with Gasteiger partial charge in [-0.15, -0.1) is 0 Å². The molecule has 2 aromatic rings. The Morgan fingerprint density at radius 2 is 1.63 bits per heavy atom. The molecule has 3 rings (SSSR count). The summed E-state index contributed by atoms with van der Waals surface area (Å²) in [5.74, 6) is -1.08. The molecule has 0 saturated carbocycles. The fourth-order valence-electron chi connectivity index (χ4n) is 2.82. The molecule has 2 aromatic carbocycles. The van der Waals surface area contributed by atoms with Gasteiger partial charge in [0.15, 0.2) is 5.78 Å². The number of hydrogen-bond donors (Lipinski definition) is 1. The topological polar surface area (TPSA) is 54.4 Å². The van der Waals surface area contributed by atoms with Gasteiger partial charge in [0.05, 0.1) is 0 Å². The van der Waals surface area contributed by atoms with E-state index in [1.165, 1.54) is 0 Å². The number of aliphatic carboxylic acids is 1. The van der Waals surface area contributed by atoms with Gasteiger partial charge in [-0.05, 0) is 11.1 Å². The van der Waals surface area contributed by atoms with Crippen molar-refractivity contribution in [2.24, 2.45) is 0 Å². The van der Waals surface area contributed by atoms with Crippen LogP contribution in [-0.4, -0.2) is 16.9 Å². The van der Waals surface area contributed by atoms with Crippen molar-refractivity contribution in [3.63, 3.8) is 0 Å². The molecule has 94 valence electrons. The van der Waals surface area contributed by atoms with Crippen molar-refractivity contribution < 1.29 is 14.7 Å². The van der Waals surface area contributed by atoms with Gasteiger partial charge in [-0.3, -0.25) is 9.59 Å². The smallest absolute Gasteiger partial charge is 0.319 e. The van der Waals surface area contributed by atoms with Crippen molar-refractivity contribution in [3.8, 4) is 0 Å². The van der Waals surface area contributed by atoms with Gasteiger partial charge in [-0.25, -0.2) is 0 Å². The first-order valence-corrected chi connectivity index (χ1v) is 6.08. The minimum Gasteiger partial charge on any atom is -0.480 e. The summed E-state index contributed by atoms with van der Waals surface area (Å²) in [6.07, 6.45) is -0.00824. The highest BCUT2D eigenvalue weighted by molar-refractivity contribution is 6.09. The van der Waals surface area contributed by atoms with E-state index in [0.717, 1.165) is 0 Å². The summed E-state index contributed by atoms with van der Waals surface area (Å²) >= 11 is 0. The van der Waals surface area contributed by atoms with Crippen LogP contribution in [-0.2, 0) is 10.2 Å². The molecule has 19 heavy (non-hydrogen) atoms. The molecule has 0 radical (unpaired) electrons. The van der Waals surface area contributed by atoms with Crippen LogP contribution >= 0.6 is 0 Å². The lowest BCUT2D eigenvalue weighted by Gasteiger charge is -2.25. The van der Waals surface area contributed by atoms with Gasteiger partial charge in [0.25, 0.3) is 0 Å². The first-order valence-electron chi connectivity index (χ1n) is 6.08. The van der Waals surface area contributed by atoms with Crippen LogP contribution < -0.4 is 0 Å². The summed E-state index contributed by atoms with van der Waals surface area (Å²) in [6, 6.07) is 15.9. The fraction of sp³-hybridized carbons (Fsp3) is 0.125. The van der Waals surface area contributed by atoms with Crippen LogP contribution in [0.25, 0.3) is 0 Å². The standard InChI is InChI=1S/C16H12O3/c17-14-10-16(15(18)19,11-6-2-1-3-7-11)13-9-5-4-8-12(13)14/h1-9H,10H2,(H,18,19)/t16-/m1/s1. The van der Waals surface area contributed by atoms with Crippen LogP contribution in [0.5, 0.6) is 0 Å². The van der Waals surface area contributed by atoms with Crippen molar-refractivity contribution in [2.45, 2.75) is 11.8 Å². The van der Waals surface area contributed by atoms with Crippen LogP contribution in [0.4, 0.5) is 0 Å². The van der Waals surface area contributed by atoms with Gasteiger partial charge in [0.1, 0.15) is 5.41 Å². The van der Waals surface area contributed by atoms with Gasteiger partial charge in [-0.2, -0.15) is 0 Å². The number of fused-ring (bicyclic) bond motifs is 1. The highest BCUT2D eigenvalue weighted by atomic mass is 16.4. The fourth-order valence-corrected chi connectivity index (χ4v) is 2.82. The summed E-state index contributed by atoms with van der Waals surface area (Å²) in [6.45, 7) is 0. The van der Waals surface area contributed by atoms with Crippen molar-refractivity contribution in [1.29, 1.82) is 0 Å². The maximum atomic E-state index is 12.1. The van der Waals surface area contributed by atoms with E-state index < -0.39 is 11.4 Å². The highest BCUT2D eigenvalue weighted by Crippen LogP contribution is 2.44. The zero-order valence-electron chi connectivity index (χ0n) is 10.2. The molecule has 3 nitrogen and oxygen atoms in total. The molecule has 0 heterocycles. The SMILES string of the molecule is O=C1C[C@@](C(=O)O)(c2ccccc2)c2ccccc21. The molecule has 1 aliphatic carbocycles. The summed E-state index contributed by atoms with van der Waals surface area (Å²) in [4.78, 5) is 24.0. The number of ketones is 1. The minimum absolute atomic E-state index is 0.00824. The molecule has 0 saturated heterocycles. The maximum Gasteiger partial charge on any atom is 0.319 e. The van der Waals surface area contributed by atoms with E-state index in [2.05, 4.69) is 0 Å². The third kappa shape index (κ3) is 1.51. The van der Waals surface area contributed by atoms with Crippen molar-refractivity contribution in [2.75, 3.05) is 0 Å². The minimum atomic E-state index is -1.24.